The maximum Gasteiger partial charge on any atom is 0.338 e. The van der Waals surface area contributed by atoms with Crippen LogP contribution in [0.3, 0.4) is 0 Å². The zero-order valence-corrected chi connectivity index (χ0v) is 13.0. The second-order valence-electron chi connectivity index (χ2n) is 4.93. The second-order valence-corrected chi connectivity index (χ2v) is 4.93. The second kappa shape index (κ2) is 7.27. The standard InChI is InChI=1S/C15H16N4O5/c1-8-6-12(19-24-8)18-13(20)9(2)23-14(21)10-4-3-5-11(7-10)17-15(16)22/h3-7,9H,1-2H3,(H3,16,17,22)(H,18,19,20)/t9-/m1/s1. The van der Waals surface area contributed by atoms with Crippen LogP contribution in [0.15, 0.2) is 34.9 Å². The Morgan fingerprint density at radius 3 is 2.62 bits per heavy atom. The minimum absolute atomic E-state index is 0.165. The van der Waals surface area contributed by atoms with E-state index >= 15 is 0 Å². The van der Waals surface area contributed by atoms with E-state index < -0.39 is 24.0 Å². The van der Waals surface area contributed by atoms with E-state index in [-0.39, 0.29) is 11.4 Å². The van der Waals surface area contributed by atoms with Crippen LogP contribution in [0, 0.1) is 6.92 Å². The van der Waals surface area contributed by atoms with Crippen LogP contribution in [0.25, 0.3) is 0 Å². The van der Waals surface area contributed by atoms with Gasteiger partial charge in [0.05, 0.1) is 5.56 Å². The van der Waals surface area contributed by atoms with Gasteiger partial charge in [-0.05, 0) is 32.0 Å². The molecule has 0 spiro atoms. The predicted octanol–water partition coefficient (Wildman–Crippen LogP) is 1.66. The zero-order chi connectivity index (χ0) is 17.7. The highest BCUT2D eigenvalue weighted by Gasteiger charge is 2.20. The molecule has 0 aliphatic rings. The van der Waals surface area contributed by atoms with Crippen LogP contribution in [0.4, 0.5) is 16.3 Å². The van der Waals surface area contributed by atoms with Crippen molar-refractivity contribution >= 4 is 29.4 Å². The number of rotatable bonds is 5. The number of hydrogen-bond donors (Lipinski definition) is 3. The van der Waals surface area contributed by atoms with Crippen LogP contribution in [0.1, 0.15) is 23.0 Å². The Kier molecular flexibility index (Phi) is 5.15. The predicted molar refractivity (Wildman–Crippen MR) is 84.4 cm³/mol. The van der Waals surface area contributed by atoms with Gasteiger partial charge in [-0.15, -0.1) is 0 Å². The molecule has 1 atom stereocenters. The Bertz CT molecular complexity index is 771. The van der Waals surface area contributed by atoms with Gasteiger partial charge in [0.2, 0.25) is 0 Å². The molecule has 0 aliphatic heterocycles. The number of amides is 3. The maximum absolute atomic E-state index is 12.1. The number of benzene rings is 1. The van der Waals surface area contributed by atoms with Crippen molar-refractivity contribution in [2.45, 2.75) is 20.0 Å². The molecule has 126 valence electrons. The van der Waals surface area contributed by atoms with E-state index in [1.807, 2.05) is 0 Å². The van der Waals surface area contributed by atoms with Crippen molar-refractivity contribution in [3.8, 4) is 0 Å². The van der Waals surface area contributed by atoms with Crippen molar-refractivity contribution in [2.24, 2.45) is 5.73 Å². The van der Waals surface area contributed by atoms with E-state index in [0.29, 0.717) is 11.4 Å². The highest BCUT2D eigenvalue weighted by Crippen LogP contribution is 2.13. The van der Waals surface area contributed by atoms with Crippen molar-refractivity contribution in [3.05, 3.63) is 41.7 Å². The molecule has 0 unspecified atom stereocenters. The zero-order valence-electron chi connectivity index (χ0n) is 13.0. The first-order chi connectivity index (χ1) is 11.3. The number of anilines is 2. The normalized spacial score (nSPS) is 11.4. The van der Waals surface area contributed by atoms with E-state index in [2.05, 4.69) is 15.8 Å². The van der Waals surface area contributed by atoms with Gasteiger partial charge in [-0.1, -0.05) is 11.2 Å². The van der Waals surface area contributed by atoms with E-state index in [4.69, 9.17) is 15.0 Å². The Hall–Kier alpha value is -3.36. The van der Waals surface area contributed by atoms with Crippen molar-refractivity contribution in [3.63, 3.8) is 0 Å². The van der Waals surface area contributed by atoms with Crippen molar-refractivity contribution in [1.82, 2.24) is 5.16 Å². The highest BCUT2D eigenvalue weighted by molar-refractivity contribution is 5.97. The number of ether oxygens (including phenoxy) is 1. The number of carbonyl (C=O) groups is 3. The minimum Gasteiger partial charge on any atom is -0.449 e. The number of nitrogens with one attached hydrogen (secondary N) is 2. The SMILES string of the molecule is Cc1cc(NC(=O)[C@@H](C)OC(=O)c2cccc(NC(N)=O)c2)no1. The molecule has 24 heavy (non-hydrogen) atoms. The number of carbonyl (C=O) groups excluding carboxylic acids is 3. The number of nitrogens with zero attached hydrogens (tertiary/aromatic N) is 1. The van der Waals surface area contributed by atoms with Crippen molar-refractivity contribution in [2.75, 3.05) is 10.6 Å². The van der Waals surface area contributed by atoms with E-state index in [0.717, 1.165) is 0 Å². The summed E-state index contributed by atoms with van der Waals surface area (Å²) in [6.07, 6.45) is -1.05. The number of esters is 1. The van der Waals surface area contributed by atoms with Crippen molar-refractivity contribution in [1.29, 1.82) is 0 Å². The molecule has 1 heterocycles. The fourth-order valence-corrected chi connectivity index (χ4v) is 1.80. The number of hydrogen-bond acceptors (Lipinski definition) is 6. The number of aromatic nitrogens is 1. The van der Waals surface area contributed by atoms with E-state index in [9.17, 15) is 14.4 Å². The van der Waals surface area contributed by atoms with Crippen LogP contribution >= 0.6 is 0 Å². The summed E-state index contributed by atoms with van der Waals surface area (Å²) < 4.78 is 9.91. The lowest BCUT2D eigenvalue weighted by atomic mass is 10.2. The molecule has 0 fully saturated rings. The first kappa shape index (κ1) is 17.0. The summed E-state index contributed by atoms with van der Waals surface area (Å²) in [5, 5.41) is 8.42. The monoisotopic (exact) mass is 332 g/mol. The summed E-state index contributed by atoms with van der Waals surface area (Å²) in [6.45, 7) is 3.10. The van der Waals surface area contributed by atoms with Gasteiger partial charge in [-0.25, -0.2) is 9.59 Å². The molecule has 0 bridgehead atoms. The quantitative estimate of drug-likeness (QED) is 0.712. The molecule has 2 aromatic rings. The largest absolute Gasteiger partial charge is 0.449 e. The molecule has 0 aliphatic carbocycles. The Labute approximate surface area is 137 Å². The maximum atomic E-state index is 12.1. The lowest BCUT2D eigenvalue weighted by Crippen LogP contribution is -2.30. The highest BCUT2D eigenvalue weighted by atomic mass is 16.5. The molecule has 1 aromatic carbocycles. The first-order valence-electron chi connectivity index (χ1n) is 6.97. The fraction of sp³-hybridized carbons (Fsp3) is 0.200. The van der Waals surface area contributed by atoms with Gasteiger partial charge in [0.15, 0.2) is 11.9 Å². The molecular formula is C15H16N4O5. The molecule has 9 heteroatoms. The van der Waals surface area contributed by atoms with Crippen LogP contribution in [-0.4, -0.2) is 29.2 Å². The lowest BCUT2D eigenvalue weighted by molar-refractivity contribution is -0.123. The van der Waals surface area contributed by atoms with Gasteiger partial charge < -0.3 is 25.6 Å². The van der Waals surface area contributed by atoms with Gasteiger partial charge in [0, 0.05) is 11.8 Å². The molecule has 3 amide bonds. The number of urea groups is 1. The smallest absolute Gasteiger partial charge is 0.338 e. The number of nitrogens with two attached hydrogens (primary N) is 1. The molecule has 0 saturated carbocycles. The van der Waals surface area contributed by atoms with Gasteiger partial charge in [-0.2, -0.15) is 0 Å². The Balaban J connectivity index is 1.97. The van der Waals surface area contributed by atoms with Crippen molar-refractivity contribution < 1.29 is 23.6 Å². The Morgan fingerprint density at radius 2 is 2.00 bits per heavy atom. The van der Waals surface area contributed by atoms with Crippen LogP contribution < -0.4 is 16.4 Å². The van der Waals surface area contributed by atoms with Crippen LogP contribution in [0.5, 0.6) is 0 Å². The lowest BCUT2D eigenvalue weighted by Gasteiger charge is -2.12. The molecule has 0 saturated heterocycles. The summed E-state index contributed by atoms with van der Waals surface area (Å²) in [6, 6.07) is 6.76. The summed E-state index contributed by atoms with van der Waals surface area (Å²) >= 11 is 0. The summed E-state index contributed by atoms with van der Waals surface area (Å²) in [7, 11) is 0. The Morgan fingerprint density at radius 1 is 1.25 bits per heavy atom. The summed E-state index contributed by atoms with van der Waals surface area (Å²) in [5.41, 5.74) is 5.52. The molecule has 1 aromatic heterocycles. The fourth-order valence-electron chi connectivity index (χ4n) is 1.80. The summed E-state index contributed by atoms with van der Waals surface area (Å²) in [5.74, 6) is -0.507. The summed E-state index contributed by atoms with van der Waals surface area (Å²) in [4.78, 5) is 34.9. The van der Waals surface area contributed by atoms with Crippen LogP contribution in [-0.2, 0) is 9.53 Å². The van der Waals surface area contributed by atoms with Gasteiger partial charge in [-0.3, -0.25) is 4.79 Å². The third kappa shape index (κ3) is 4.57. The molecule has 9 nitrogen and oxygen atoms in total. The van der Waals surface area contributed by atoms with E-state index in [1.54, 1.807) is 19.1 Å². The molecule has 4 N–H and O–H groups in total. The average molecular weight is 332 g/mol. The third-order valence-corrected chi connectivity index (χ3v) is 2.90. The van der Waals surface area contributed by atoms with E-state index in [1.165, 1.54) is 25.1 Å². The number of aryl methyl sites for hydroxylation is 1. The molecular weight excluding hydrogens is 316 g/mol. The third-order valence-electron chi connectivity index (χ3n) is 2.90. The minimum atomic E-state index is -1.05. The topological polar surface area (TPSA) is 137 Å². The molecule has 2 rings (SSSR count). The van der Waals surface area contributed by atoms with Gasteiger partial charge in [0.1, 0.15) is 5.76 Å². The molecule has 0 radical (unpaired) electrons. The van der Waals surface area contributed by atoms with Gasteiger partial charge >= 0.3 is 12.0 Å². The van der Waals surface area contributed by atoms with Gasteiger partial charge in [0.25, 0.3) is 5.91 Å². The average Bonchev–Trinajstić information content (AvgIpc) is 2.91. The first-order valence-corrected chi connectivity index (χ1v) is 6.97. The number of primary amides is 1. The van der Waals surface area contributed by atoms with Crippen LogP contribution in [0.2, 0.25) is 0 Å².